The van der Waals surface area contributed by atoms with Gasteiger partial charge in [-0.05, 0) is 23.8 Å². The quantitative estimate of drug-likeness (QED) is 0.770. The van der Waals surface area contributed by atoms with Gasteiger partial charge in [-0.3, -0.25) is 0 Å². The summed E-state index contributed by atoms with van der Waals surface area (Å²) in [5.74, 6) is 1.65. The Morgan fingerprint density at radius 2 is 1.88 bits per heavy atom. The first-order chi connectivity index (χ1) is 11.5. The summed E-state index contributed by atoms with van der Waals surface area (Å²) in [6.07, 6.45) is 4.03. The van der Waals surface area contributed by atoms with Crippen molar-refractivity contribution >= 4 is 11.8 Å². The molecule has 0 aromatic heterocycles. The van der Waals surface area contributed by atoms with Crippen LogP contribution in [-0.4, -0.2) is 27.3 Å². The molecular formula is C21H25NO2. The lowest BCUT2D eigenvalue weighted by molar-refractivity contribution is 0.323. The maximum absolute atomic E-state index is 5.43. The maximum atomic E-state index is 5.43. The van der Waals surface area contributed by atoms with E-state index in [2.05, 4.69) is 50.1 Å². The Labute approximate surface area is 144 Å². The van der Waals surface area contributed by atoms with Gasteiger partial charge in [0.1, 0.15) is 6.61 Å². The van der Waals surface area contributed by atoms with E-state index >= 15 is 0 Å². The van der Waals surface area contributed by atoms with E-state index in [1.54, 1.807) is 7.11 Å². The molecule has 2 aromatic carbocycles. The summed E-state index contributed by atoms with van der Waals surface area (Å²) in [5, 5.41) is 0. The molecule has 0 aliphatic carbocycles. The van der Waals surface area contributed by atoms with Crippen molar-refractivity contribution in [3.05, 3.63) is 59.7 Å². The number of rotatable bonds is 1. The van der Waals surface area contributed by atoms with Crippen molar-refractivity contribution in [1.82, 2.24) is 0 Å². The summed E-state index contributed by atoms with van der Waals surface area (Å²) in [6, 6.07) is 14.5. The van der Waals surface area contributed by atoms with Crippen molar-refractivity contribution in [2.45, 2.75) is 19.3 Å². The summed E-state index contributed by atoms with van der Waals surface area (Å²) >= 11 is 0. The smallest absolute Gasteiger partial charge is 0.168 e. The van der Waals surface area contributed by atoms with Crippen molar-refractivity contribution in [1.29, 1.82) is 0 Å². The maximum Gasteiger partial charge on any atom is 0.168 e. The van der Waals surface area contributed by atoms with Crippen LogP contribution in [0.5, 0.6) is 11.5 Å². The van der Waals surface area contributed by atoms with Gasteiger partial charge in [0, 0.05) is 30.3 Å². The molecule has 126 valence electrons. The predicted octanol–water partition coefficient (Wildman–Crippen LogP) is 4.51. The molecule has 0 saturated heterocycles. The van der Waals surface area contributed by atoms with Crippen molar-refractivity contribution in [2.24, 2.45) is 0 Å². The minimum Gasteiger partial charge on any atom is -0.493 e. The first-order valence-electron chi connectivity index (χ1n) is 8.30. The van der Waals surface area contributed by atoms with Gasteiger partial charge in [0.2, 0.25) is 0 Å². The zero-order chi connectivity index (χ0) is 17.2. The van der Waals surface area contributed by atoms with Gasteiger partial charge >= 0.3 is 0 Å². The first-order valence-corrected chi connectivity index (χ1v) is 8.30. The molecule has 0 bridgehead atoms. The van der Waals surface area contributed by atoms with E-state index in [0.29, 0.717) is 12.0 Å². The van der Waals surface area contributed by atoms with E-state index in [9.17, 15) is 0 Å². The molecule has 0 unspecified atom stereocenters. The lowest BCUT2D eigenvalue weighted by Crippen LogP contribution is -2.24. The normalized spacial score (nSPS) is 16.4. The largest absolute Gasteiger partial charge is 0.493 e. The lowest BCUT2D eigenvalue weighted by atomic mass is 9.87. The molecule has 4 rings (SSSR count). The average Bonchev–Trinajstić information content (AvgIpc) is 2.84. The molecule has 2 aliphatic rings. The SMILES string of the molecule is CN1CC(C)(C)c2ccccc21.COc1cccc2c1OCC=C2. The number of anilines is 1. The topological polar surface area (TPSA) is 21.7 Å². The molecule has 0 saturated carbocycles. The van der Waals surface area contributed by atoms with E-state index < -0.39 is 0 Å². The van der Waals surface area contributed by atoms with Gasteiger partial charge in [-0.25, -0.2) is 0 Å². The number of nitrogens with zero attached hydrogens (tertiary/aromatic N) is 1. The van der Waals surface area contributed by atoms with Gasteiger partial charge in [-0.2, -0.15) is 0 Å². The molecule has 2 aliphatic heterocycles. The van der Waals surface area contributed by atoms with E-state index in [1.807, 2.05) is 30.4 Å². The highest BCUT2D eigenvalue weighted by Gasteiger charge is 2.32. The minimum absolute atomic E-state index is 0.325. The van der Waals surface area contributed by atoms with Crippen LogP contribution < -0.4 is 14.4 Å². The summed E-state index contributed by atoms with van der Waals surface area (Å²) < 4.78 is 10.6. The fraction of sp³-hybridized carbons (Fsp3) is 0.333. The first kappa shape index (κ1) is 16.4. The molecule has 0 amide bonds. The summed E-state index contributed by atoms with van der Waals surface area (Å²) in [6.45, 7) is 6.37. The van der Waals surface area contributed by atoms with Gasteiger partial charge < -0.3 is 14.4 Å². The molecule has 0 spiro atoms. The lowest BCUT2D eigenvalue weighted by Gasteiger charge is -2.18. The molecule has 2 aromatic rings. The van der Waals surface area contributed by atoms with Crippen molar-refractivity contribution in [3.8, 4) is 11.5 Å². The number of ether oxygens (including phenoxy) is 2. The van der Waals surface area contributed by atoms with Crippen LogP contribution in [0.15, 0.2) is 48.5 Å². The van der Waals surface area contributed by atoms with E-state index in [1.165, 1.54) is 11.3 Å². The van der Waals surface area contributed by atoms with Crippen LogP contribution in [0.2, 0.25) is 0 Å². The van der Waals surface area contributed by atoms with E-state index in [0.717, 1.165) is 23.6 Å². The number of hydrogen-bond donors (Lipinski definition) is 0. The fourth-order valence-electron chi connectivity index (χ4n) is 3.43. The molecule has 0 N–H and O–H groups in total. The number of fused-ring (bicyclic) bond motifs is 2. The van der Waals surface area contributed by atoms with Crippen LogP contribution in [-0.2, 0) is 5.41 Å². The van der Waals surface area contributed by atoms with Crippen molar-refractivity contribution in [2.75, 3.05) is 32.2 Å². The molecule has 3 nitrogen and oxygen atoms in total. The molecule has 2 heterocycles. The Kier molecular flexibility index (Phi) is 4.52. The molecule has 3 heteroatoms. The highest BCUT2D eigenvalue weighted by Crippen LogP contribution is 2.38. The number of para-hydroxylation sites is 2. The average molecular weight is 323 g/mol. The molecule has 0 fully saturated rings. The second kappa shape index (κ2) is 6.60. The number of hydrogen-bond acceptors (Lipinski definition) is 3. The monoisotopic (exact) mass is 323 g/mol. The minimum atomic E-state index is 0.325. The van der Waals surface area contributed by atoms with Crippen molar-refractivity contribution < 1.29 is 9.47 Å². The molecule has 24 heavy (non-hydrogen) atoms. The highest BCUT2D eigenvalue weighted by molar-refractivity contribution is 5.64. The zero-order valence-corrected chi connectivity index (χ0v) is 14.9. The Bertz CT molecular complexity index is 749. The second-order valence-corrected chi connectivity index (χ2v) is 6.85. The van der Waals surface area contributed by atoms with E-state index in [4.69, 9.17) is 9.47 Å². The van der Waals surface area contributed by atoms with Crippen LogP contribution in [0.25, 0.3) is 6.08 Å². The summed E-state index contributed by atoms with van der Waals surface area (Å²) in [5.41, 5.74) is 4.28. The fourth-order valence-corrected chi connectivity index (χ4v) is 3.43. The standard InChI is InChI=1S/C11H15N.C10H10O2/c1-11(2)8-12(3)10-7-5-4-6-9(10)11;1-11-9-6-2-4-8-5-3-7-12-10(8)9/h4-7H,8H2,1-3H3;2-6H,7H2,1H3. The third-order valence-electron chi connectivity index (χ3n) is 4.53. The third-order valence-corrected chi connectivity index (χ3v) is 4.53. The van der Waals surface area contributed by atoms with Gasteiger partial charge in [0.25, 0.3) is 0 Å². The predicted molar refractivity (Wildman–Crippen MR) is 100 cm³/mol. The van der Waals surface area contributed by atoms with Crippen molar-refractivity contribution in [3.63, 3.8) is 0 Å². The number of methoxy groups -OCH3 is 1. The summed E-state index contributed by atoms with van der Waals surface area (Å²) in [4.78, 5) is 2.33. The van der Waals surface area contributed by atoms with Gasteiger partial charge in [0.05, 0.1) is 7.11 Å². The Morgan fingerprint density at radius 1 is 1.08 bits per heavy atom. The van der Waals surface area contributed by atoms with Crippen LogP contribution in [0, 0.1) is 0 Å². The Hall–Kier alpha value is -2.42. The van der Waals surface area contributed by atoms with Gasteiger partial charge in [-0.1, -0.05) is 50.3 Å². The van der Waals surface area contributed by atoms with Crippen LogP contribution in [0.3, 0.4) is 0 Å². The zero-order valence-electron chi connectivity index (χ0n) is 14.9. The third kappa shape index (κ3) is 3.12. The van der Waals surface area contributed by atoms with Crippen LogP contribution in [0.4, 0.5) is 5.69 Å². The molecule has 0 radical (unpaired) electrons. The summed E-state index contributed by atoms with van der Waals surface area (Å²) in [7, 11) is 3.81. The number of benzene rings is 2. The molecular weight excluding hydrogens is 298 g/mol. The Balaban J connectivity index is 0.000000141. The number of likely N-dealkylation sites (N-methyl/N-ethyl adjacent to an activating group) is 1. The van der Waals surface area contributed by atoms with Gasteiger partial charge in [-0.15, -0.1) is 0 Å². The van der Waals surface area contributed by atoms with Gasteiger partial charge in [0.15, 0.2) is 11.5 Å². The van der Waals surface area contributed by atoms with Crippen LogP contribution in [0.1, 0.15) is 25.0 Å². The van der Waals surface area contributed by atoms with Crippen LogP contribution >= 0.6 is 0 Å². The molecule has 0 atom stereocenters. The second-order valence-electron chi connectivity index (χ2n) is 6.85. The Morgan fingerprint density at radius 3 is 2.62 bits per heavy atom. The highest BCUT2D eigenvalue weighted by atomic mass is 16.5. The van der Waals surface area contributed by atoms with E-state index in [-0.39, 0.29) is 0 Å².